The normalized spacial score (nSPS) is 11.7. The van der Waals surface area contributed by atoms with Gasteiger partial charge in [-0.15, -0.1) is 9.45 Å². The van der Waals surface area contributed by atoms with Gasteiger partial charge in [0.1, 0.15) is 5.69 Å². The molecule has 0 saturated carbocycles. The molecule has 2 N–H and O–H groups in total. The van der Waals surface area contributed by atoms with Gasteiger partial charge in [-0.25, -0.2) is 5.26 Å². The molecule has 0 saturated heterocycles. The quantitative estimate of drug-likeness (QED) is 0.129. The molecule has 0 amide bonds. The molecule has 4 aromatic carbocycles. The molecule has 4 aromatic rings. The van der Waals surface area contributed by atoms with Crippen LogP contribution in [-0.4, -0.2) is 10.4 Å². The summed E-state index contributed by atoms with van der Waals surface area (Å²) in [6.45, 7) is 1.89. The number of benzene rings is 4. The highest BCUT2D eigenvalue weighted by molar-refractivity contribution is 7.94. The number of hydrogen-bond acceptors (Lipinski definition) is 9. The Morgan fingerprint density at radius 2 is 1.38 bits per heavy atom. The number of aromatic hydroxyl groups is 1. The number of phenolic OH excluding ortho intramolecular Hbond substituents is 1. The zero-order chi connectivity index (χ0) is 22.3. The lowest BCUT2D eigenvalue weighted by Crippen LogP contribution is -1.85. The van der Waals surface area contributed by atoms with Gasteiger partial charge in [-0.3, -0.25) is 0 Å². The monoisotopic (exact) mass is 446 g/mol. The molecule has 0 radical (unpaired) electrons. The smallest absolute Gasteiger partial charge is 0.152 e. The molecule has 0 spiro atoms. The first-order chi connectivity index (χ1) is 15.7. The first kappa shape index (κ1) is 21.6. The molecule has 32 heavy (non-hydrogen) atoms. The molecule has 0 aliphatic heterocycles. The van der Waals surface area contributed by atoms with Crippen LogP contribution in [0.4, 0.5) is 22.7 Å². The average molecular weight is 446 g/mol. The highest BCUT2D eigenvalue weighted by Gasteiger charge is 2.16. The van der Waals surface area contributed by atoms with E-state index in [9.17, 15) is 5.11 Å². The van der Waals surface area contributed by atoms with Gasteiger partial charge in [0.05, 0.1) is 34.0 Å². The van der Waals surface area contributed by atoms with Crippen molar-refractivity contribution in [1.29, 1.82) is 0 Å². The molecule has 9 heteroatoms. The van der Waals surface area contributed by atoms with Gasteiger partial charge in [0.15, 0.2) is 5.75 Å². The highest BCUT2D eigenvalue weighted by atomic mass is 32.2. The van der Waals surface area contributed by atoms with Gasteiger partial charge < -0.3 is 5.11 Å². The van der Waals surface area contributed by atoms with E-state index < -0.39 is 0 Å². The third kappa shape index (κ3) is 4.98. The maximum atomic E-state index is 10.9. The van der Waals surface area contributed by atoms with E-state index in [1.54, 1.807) is 30.3 Å². The third-order valence-corrected chi connectivity index (χ3v) is 5.21. The maximum Gasteiger partial charge on any atom is 0.152 e. The molecule has 0 heterocycles. The summed E-state index contributed by atoms with van der Waals surface area (Å²) < 4.78 is 4.56. The van der Waals surface area contributed by atoms with Crippen LogP contribution in [0.2, 0.25) is 0 Å². The Labute approximate surface area is 187 Å². The average Bonchev–Trinajstić information content (AvgIpc) is 2.82. The maximum absolute atomic E-state index is 10.9. The molecular formula is C23H18N4O4S. The van der Waals surface area contributed by atoms with Crippen LogP contribution in [0.15, 0.2) is 104 Å². The van der Waals surface area contributed by atoms with Crippen molar-refractivity contribution >= 4 is 45.6 Å². The number of hydrogen-bond donors (Lipinski definition) is 2. The summed E-state index contributed by atoms with van der Waals surface area (Å²) in [5.74, 6) is -0.0401. The summed E-state index contributed by atoms with van der Waals surface area (Å²) >= 11 is 0.711. The molecule has 0 unspecified atom stereocenters. The lowest BCUT2D eigenvalue weighted by molar-refractivity contribution is -0.432. The van der Waals surface area contributed by atoms with Crippen molar-refractivity contribution in [3.05, 3.63) is 84.4 Å². The van der Waals surface area contributed by atoms with E-state index in [0.717, 1.165) is 16.6 Å². The van der Waals surface area contributed by atoms with E-state index in [0.29, 0.717) is 33.7 Å². The second-order valence-electron chi connectivity index (χ2n) is 6.72. The van der Waals surface area contributed by atoms with E-state index in [1.807, 2.05) is 55.5 Å². The van der Waals surface area contributed by atoms with Crippen molar-refractivity contribution in [3.63, 3.8) is 0 Å². The minimum Gasteiger partial charge on any atom is -0.505 e. The Kier molecular flexibility index (Phi) is 6.83. The number of nitrogens with zero attached hydrogens (tertiary/aromatic N) is 4. The van der Waals surface area contributed by atoms with Crippen LogP contribution in [0, 0.1) is 6.92 Å². The van der Waals surface area contributed by atoms with Crippen LogP contribution in [-0.2, 0) is 9.37 Å². The zero-order valence-corrected chi connectivity index (χ0v) is 17.7. The van der Waals surface area contributed by atoms with Crippen molar-refractivity contribution < 1.29 is 19.7 Å². The van der Waals surface area contributed by atoms with Crippen molar-refractivity contribution in [2.75, 3.05) is 0 Å². The number of azo groups is 2. The predicted molar refractivity (Wildman–Crippen MR) is 122 cm³/mol. The van der Waals surface area contributed by atoms with E-state index >= 15 is 0 Å². The van der Waals surface area contributed by atoms with Gasteiger partial charge in [-0.1, -0.05) is 41.4 Å². The van der Waals surface area contributed by atoms with Crippen LogP contribution in [0.5, 0.6) is 5.75 Å². The Hall–Kier alpha value is -3.63. The van der Waals surface area contributed by atoms with Gasteiger partial charge >= 0.3 is 0 Å². The van der Waals surface area contributed by atoms with Crippen LogP contribution < -0.4 is 0 Å². The van der Waals surface area contributed by atoms with E-state index in [4.69, 9.17) is 5.26 Å². The molecular weight excluding hydrogens is 428 g/mol. The fourth-order valence-electron chi connectivity index (χ4n) is 3.09. The van der Waals surface area contributed by atoms with Crippen LogP contribution >= 0.6 is 12.0 Å². The lowest BCUT2D eigenvalue weighted by atomic mass is 10.0. The summed E-state index contributed by atoms with van der Waals surface area (Å²) in [5.41, 5.74) is 3.07. The second kappa shape index (κ2) is 10.1. The topological polar surface area (TPSA) is 108 Å². The van der Waals surface area contributed by atoms with Crippen LogP contribution in [0.25, 0.3) is 10.8 Å². The Morgan fingerprint density at radius 3 is 2.03 bits per heavy atom. The molecule has 0 atom stereocenters. The molecule has 0 aliphatic carbocycles. The lowest BCUT2D eigenvalue weighted by Gasteiger charge is -2.10. The van der Waals surface area contributed by atoms with Crippen molar-refractivity contribution in [2.24, 2.45) is 20.5 Å². The first-order valence-corrected chi connectivity index (χ1v) is 10.3. The van der Waals surface area contributed by atoms with Crippen molar-refractivity contribution in [3.8, 4) is 5.75 Å². The second-order valence-corrected chi connectivity index (χ2v) is 7.47. The molecule has 0 aliphatic rings. The van der Waals surface area contributed by atoms with Gasteiger partial charge in [0, 0.05) is 5.39 Å². The summed E-state index contributed by atoms with van der Waals surface area (Å²) in [5, 5.41) is 41.3. The zero-order valence-electron chi connectivity index (χ0n) is 16.9. The fourth-order valence-corrected chi connectivity index (χ4v) is 3.59. The Balaban J connectivity index is 1.62. The minimum atomic E-state index is -0.0401. The third-order valence-electron chi connectivity index (χ3n) is 4.59. The summed E-state index contributed by atoms with van der Waals surface area (Å²) in [6.07, 6.45) is 0. The van der Waals surface area contributed by atoms with Gasteiger partial charge in [0.25, 0.3) is 0 Å². The van der Waals surface area contributed by atoms with E-state index in [2.05, 4.69) is 29.8 Å². The largest absolute Gasteiger partial charge is 0.505 e. The number of rotatable bonds is 7. The molecule has 0 fully saturated rings. The molecule has 160 valence electrons. The van der Waals surface area contributed by atoms with Crippen molar-refractivity contribution in [2.45, 2.75) is 11.8 Å². The molecule has 0 aromatic heterocycles. The molecule has 8 nitrogen and oxygen atoms in total. The van der Waals surface area contributed by atoms with E-state index in [-0.39, 0.29) is 11.4 Å². The van der Waals surface area contributed by atoms with Crippen LogP contribution in [0.3, 0.4) is 0 Å². The molecule has 0 bridgehead atoms. The number of aryl methyl sites for hydroxylation is 1. The molecule has 4 rings (SSSR count). The number of fused-ring (bicyclic) bond motifs is 1. The van der Waals surface area contributed by atoms with E-state index in [1.165, 1.54) is 0 Å². The first-order valence-electron chi connectivity index (χ1n) is 9.54. The fraction of sp³-hybridized carbons (Fsp3) is 0.0435. The van der Waals surface area contributed by atoms with Crippen molar-refractivity contribution in [1.82, 2.24) is 0 Å². The highest BCUT2D eigenvalue weighted by Crippen LogP contribution is 2.44. The summed E-state index contributed by atoms with van der Waals surface area (Å²) in [6, 6.07) is 23.9. The number of phenols is 1. The Bertz CT molecular complexity index is 1280. The minimum absolute atomic E-state index is 0.0401. The Morgan fingerprint density at radius 1 is 0.750 bits per heavy atom. The van der Waals surface area contributed by atoms with Crippen LogP contribution in [0.1, 0.15) is 5.56 Å². The van der Waals surface area contributed by atoms with Gasteiger partial charge in [0.2, 0.25) is 0 Å². The van der Waals surface area contributed by atoms with Gasteiger partial charge in [-0.05, 0) is 60.3 Å². The SMILES string of the molecule is Cc1cccc2cc(SOOO)c(N=Nc3ccc(N=Nc4ccccc4)cc3)c(O)c12. The summed E-state index contributed by atoms with van der Waals surface area (Å²) in [4.78, 5) is 0.423. The summed E-state index contributed by atoms with van der Waals surface area (Å²) in [7, 11) is 0. The standard InChI is InChI=1S/C23H18N4O4S/c1-15-6-5-7-16-14-20(32-31-30-29)22(23(28)21(15)16)27-26-19-12-10-18(11-13-19)25-24-17-8-3-2-4-9-17/h2-14,28-29H,1H3. The predicted octanol–water partition coefficient (Wildman–Crippen LogP) is 8.11. The van der Waals surface area contributed by atoms with Gasteiger partial charge in [-0.2, -0.15) is 15.3 Å².